The second kappa shape index (κ2) is 5.75. The molecule has 2 aromatic rings. The van der Waals surface area contributed by atoms with E-state index >= 15 is 0 Å². The molecule has 1 aromatic carbocycles. The van der Waals surface area contributed by atoms with Crippen molar-refractivity contribution in [3.8, 4) is 11.5 Å². The predicted molar refractivity (Wildman–Crippen MR) is 71.5 cm³/mol. The number of aryl methyl sites for hydroxylation is 1. The number of aliphatic hydroxyl groups is 1. The summed E-state index contributed by atoms with van der Waals surface area (Å²) in [6.07, 6.45) is 2.56. The van der Waals surface area contributed by atoms with E-state index in [1.54, 1.807) is 44.9 Å². The summed E-state index contributed by atoms with van der Waals surface area (Å²) in [4.78, 5) is 4.07. The van der Waals surface area contributed by atoms with Gasteiger partial charge < -0.3 is 19.1 Å². The van der Waals surface area contributed by atoms with Crippen molar-refractivity contribution in [2.24, 2.45) is 0 Å². The van der Waals surface area contributed by atoms with Crippen LogP contribution in [-0.2, 0) is 6.54 Å². The Morgan fingerprint density at radius 3 is 2.74 bits per heavy atom. The Hall–Kier alpha value is -2.01. The highest BCUT2D eigenvalue weighted by atomic mass is 16.5. The zero-order valence-corrected chi connectivity index (χ0v) is 11.3. The lowest BCUT2D eigenvalue weighted by molar-refractivity contribution is 0.204. The van der Waals surface area contributed by atoms with Crippen molar-refractivity contribution in [2.75, 3.05) is 14.2 Å². The van der Waals surface area contributed by atoms with Crippen molar-refractivity contribution in [2.45, 2.75) is 19.6 Å². The van der Waals surface area contributed by atoms with Crippen molar-refractivity contribution >= 4 is 0 Å². The van der Waals surface area contributed by atoms with Gasteiger partial charge >= 0.3 is 0 Å². The normalized spacial score (nSPS) is 12.2. The number of nitrogens with zero attached hydrogens (tertiary/aromatic N) is 2. The van der Waals surface area contributed by atoms with Crippen LogP contribution in [0.25, 0.3) is 0 Å². The van der Waals surface area contributed by atoms with Crippen LogP contribution in [0.2, 0.25) is 0 Å². The van der Waals surface area contributed by atoms with Gasteiger partial charge in [0.25, 0.3) is 0 Å². The smallest absolute Gasteiger partial charge is 0.125 e. The van der Waals surface area contributed by atoms with E-state index < -0.39 is 6.10 Å². The first-order valence-corrected chi connectivity index (χ1v) is 6.11. The topological polar surface area (TPSA) is 56.5 Å². The van der Waals surface area contributed by atoms with Gasteiger partial charge in [0.15, 0.2) is 0 Å². The van der Waals surface area contributed by atoms with Crippen molar-refractivity contribution in [3.05, 3.63) is 42.0 Å². The third-order valence-corrected chi connectivity index (χ3v) is 3.10. The van der Waals surface area contributed by atoms with Gasteiger partial charge in [-0.2, -0.15) is 0 Å². The van der Waals surface area contributed by atoms with E-state index in [2.05, 4.69) is 4.98 Å². The number of aliphatic hydroxyl groups excluding tert-OH is 1. The van der Waals surface area contributed by atoms with Crippen LogP contribution in [0.5, 0.6) is 11.5 Å². The van der Waals surface area contributed by atoms with E-state index in [1.807, 2.05) is 11.5 Å². The van der Waals surface area contributed by atoms with Crippen molar-refractivity contribution < 1.29 is 14.6 Å². The molecular formula is C14H18N2O3. The first-order valence-electron chi connectivity index (χ1n) is 6.11. The van der Waals surface area contributed by atoms with Crippen LogP contribution < -0.4 is 9.47 Å². The van der Waals surface area contributed by atoms with Crippen molar-refractivity contribution in [1.82, 2.24) is 9.55 Å². The average Bonchev–Trinajstić information content (AvgIpc) is 2.94. The fraction of sp³-hybridized carbons (Fsp3) is 0.357. The van der Waals surface area contributed by atoms with Gasteiger partial charge in [-0.05, 0) is 25.1 Å². The molecule has 0 bridgehead atoms. The number of ether oxygens (including phenoxy) is 2. The molecule has 1 heterocycles. The van der Waals surface area contributed by atoms with E-state index in [9.17, 15) is 5.11 Å². The zero-order chi connectivity index (χ0) is 13.8. The maximum atomic E-state index is 10.5. The number of methoxy groups -OCH3 is 2. The minimum absolute atomic E-state index is 0.622. The van der Waals surface area contributed by atoms with Crippen LogP contribution >= 0.6 is 0 Å². The molecule has 0 aliphatic rings. The van der Waals surface area contributed by atoms with Gasteiger partial charge in [0.1, 0.15) is 17.6 Å². The van der Waals surface area contributed by atoms with Crippen LogP contribution in [0, 0.1) is 0 Å². The van der Waals surface area contributed by atoms with Gasteiger partial charge in [0.2, 0.25) is 0 Å². The SMILES string of the molecule is CCn1cncc1C(O)c1cc(OC)ccc1OC. The number of imidazole rings is 1. The molecule has 0 spiro atoms. The van der Waals surface area contributed by atoms with Gasteiger partial charge in [0.05, 0.1) is 32.4 Å². The molecule has 1 aromatic heterocycles. The van der Waals surface area contributed by atoms with Gasteiger partial charge in [-0.15, -0.1) is 0 Å². The lowest BCUT2D eigenvalue weighted by atomic mass is 10.1. The Labute approximate surface area is 112 Å². The summed E-state index contributed by atoms with van der Waals surface area (Å²) in [5.74, 6) is 1.30. The van der Waals surface area contributed by atoms with Crippen LogP contribution in [0.1, 0.15) is 24.3 Å². The molecular weight excluding hydrogens is 244 g/mol. The second-order valence-corrected chi connectivity index (χ2v) is 4.11. The van der Waals surface area contributed by atoms with Crippen LogP contribution in [0.4, 0.5) is 0 Å². The van der Waals surface area contributed by atoms with E-state index in [0.29, 0.717) is 17.1 Å². The fourth-order valence-electron chi connectivity index (χ4n) is 2.04. The zero-order valence-electron chi connectivity index (χ0n) is 11.3. The van der Waals surface area contributed by atoms with Gasteiger partial charge in [0, 0.05) is 12.1 Å². The van der Waals surface area contributed by atoms with E-state index in [-0.39, 0.29) is 0 Å². The number of hydrogen-bond donors (Lipinski definition) is 1. The van der Waals surface area contributed by atoms with Crippen LogP contribution in [0.15, 0.2) is 30.7 Å². The van der Waals surface area contributed by atoms with Gasteiger partial charge in [-0.1, -0.05) is 0 Å². The highest BCUT2D eigenvalue weighted by Crippen LogP contribution is 2.32. The Balaban J connectivity index is 2.45. The standard InChI is InChI=1S/C14H18N2O3/c1-4-16-9-15-8-12(16)14(17)11-7-10(18-2)5-6-13(11)19-3/h5-9,14,17H,4H2,1-3H3. The van der Waals surface area contributed by atoms with Gasteiger partial charge in [-0.25, -0.2) is 4.98 Å². The molecule has 0 radical (unpaired) electrons. The predicted octanol–water partition coefficient (Wildman–Crippen LogP) is 2.00. The summed E-state index contributed by atoms with van der Waals surface area (Å²) in [6, 6.07) is 5.35. The molecule has 102 valence electrons. The number of hydrogen-bond acceptors (Lipinski definition) is 4. The van der Waals surface area contributed by atoms with E-state index in [0.717, 1.165) is 12.2 Å². The minimum atomic E-state index is -0.799. The molecule has 0 amide bonds. The molecule has 0 saturated carbocycles. The quantitative estimate of drug-likeness (QED) is 0.895. The molecule has 0 saturated heterocycles. The summed E-state index contributed by atoms with van der Waals surface area (Å²) in [5.41, 5.74) is 1.39. The summed E-state index contributed by atoms with van der Waals surface area (Å²) < 4.78 is 12.4. The molecule has 5 heteroatoms. The number of rotatable bonds is 5. The maximum Gasteiger partial charge on any atom is 0.125 e. The number of benzene rings is 1. The minimum Gasteiger partial charge on any atom is -0.497 e. The molecule has 0 fully saturated rings. The lowest BCUT2D eigenvalue weighted by Gasteiger charge is -2.17. The van der Waals surface area contributed by atoms with Crippen molar-refractivity contribution in [3.63, 3.8) is 0 Å². The molecule has 1 N–H and O–H groups in total. The molecule has 0 aliphatic heterocycles. The van der Waals surface area contributed by atoms with Gasteiger partial charge in [-0.3, -0.25) is 0 Å². The summed E-state index contributed by atoms with van der Waals surface area (Å²) >= 11 is 0. The van der Waals surface area contributed by atoms with Crippen molar-refractivity contribution in [1.29, 1.82) is 0 Å². The average molecular weight is 262 g/mol. The van der Waals surface area contributed by atoms with E-state index in [1.165, 1.54) is 0 Å². The maximum absolute atomic E-state index is 10.5. The summed E-state index contributed by atoms with van der Waals surface area (Å²) in [7, 11) is 3.17. The lowest BCUT2D eigenvalue weighted by Crippen LogP contribution is -2.08. The highest BCUT2D eigenvalue weighted by Gasteiger charge is 2.19. The first-order chi connectivity index (χ1) is 9.21. The molecule has 5 nitrogen and oxygen atoms in total. The third-order valence-electron chi connectivity index (χ3n) is 3.10. The second-order valence-electron chi connectivity index (χ2n) is 4.11. The largest absolute Gasteiger partial charge is 0.497 e. The van der Waals surface area contributed by atoms with Crippen LogP contribution in [0.3, 0.4) is 0 Å². The van der Waals surface area contributed by atoms with Crippen LogP contribution in [-0.4, -0.2) is 28.9 Å². The van der Waals surface area contributed by atoms with E-state index in [4.69, 9.17) is 9.47 Å². The highest BCUT2D eigenvalue weighted by molar-refractivity contribution is 5.44. The molecule has 1 unspecified atom stereocenters. The Morgan fingerprint density at radius 1 is 1.32 bits per heavy atom. The Kier molecular flexibility index (Phi) is 4.06. The molecule has 2 rings (SSSR count). The molecule has 19 heavy (non-hydrogen) atoms. The summed E-state index contributed by atoms with van der Waals surface area (Å²) in [6.45, 7) is 2.75. The summed E-state index contributed by atoms with van der Waals surface area (Å²) in [5, 5.41) is 10.5. The number of aromatic nitrogens is 2. The monoisotopic (exact) mass is 262 g/mol. The third kappa shape index (κ3) is 2.56. The molecule has 0 aliphatic carbocycles. The fourth-order valence-corrected chi connectivity index (χ4v) is 2.04. The first kappa shape index (κ1) is 13.4. The Morgan fingerprint density at radius 2 is 2.11 bits per heavy atom. The molecule has 1 atom stereocenters. The Bertz CT molecular complexity index is 551.